The molecule has 2 aromatic rings. The molecule has 0 saturated heterocycles. The molecule has 2 rings (SSSR count). The summed E-state index contributed by atoms with van der Waals surface area (Å²) in [5.41, 5.74) is 6.01. The van der Waals surface area contributed by atoms with Crippen molar-refractivity contribution in [2.24, 2.45) is 0 Å². The Kier molecular flexibility index (Phi) is 1.70. The lowest BCUT2D eigenvalue weighted by Gasteiger charge is -1.98. The highest BCUT2D eigenvalue weighted by molar-refractivity contribution is 5.38. The first-order valence-electron chi connectivity index (χ1n) is 3.68. The van der Waals surface area contributed by atoms with Gasteiger partial charge in [0.05, 0.1) is 24.3 Å². The van der Waals surface area contributed by atoms with Gasteiger partial charge in [-0.2, -0.15) is 5.10 Å². The highest BCUT2D eigenvalue weighted by Crippen LogP contribution is 2.06. The summed E-state index contributed by atoms with van der Waals surface area (Å²) in [6, 6.07) is 3.35. The number of aromatic nitrogens is 3. The molecule has 66 valence electrons. The number of hydrogen-bond acceptors (Lipinski definition) is 3. The van der Waals surface area contributed by atoms with Crippen molar-refractivity contribution in [3.05, 3.63) is 36.5 Å². The van der Waals surface area contributed by atoms with Gasteiger partial charge in [-0.3, -0.25) is 0 Å². The summed E-state index contributed by atoms with van der Waals surface area (Å²) in [6.07, 6.45) is 3.87. The predicted molar refractivity (Wildman–Crippen MR) is 45.7 cm³/mol. The number of nitrogen functional groups attached to an aromatic ring is 1. The molecule has 0 unspecified atom stereocenters. The predicted octanol–water partition coefficient (Wildman–Crippen LogP) is 0.989. The average molecular weight is 178 g/mol. The van der Waals surface area contributed by atoms with Crippen molar-refractivity contribution in [2.45, 2.75) is 0 Å². The minimum absolute atomic E-state index is 0.390. The largest absolute Gasteiger partial charge is 0.397 e. The summed E-state index contributed by atoms with van der Waals surface area (Å²) in [6.45, 7) is 0. The smallest absolute Gasteiger partial charge is 0.161 e. The third-order valence-electron chi connectivity index (χ3n) is 1.56. The van der Waals surface area contributed by atoms with Crippen LogP contribution in [-0.4, -0.2) is 14.8 Å². The molecule has 2 N–H and O–H groups in total. The van der Waals surface area contributed by atoms with Crippen molar-refractivity contribution in [2.75, 3.05) is 5.73 Å². The number of hydrogen-bond donors (Lipinski definition) is 1. The van der Waals surface area contributed by atoms with Crippen LogP contribution in [0.4, 0.5) is 10.1 Å². The van der Waals surface area contributed by atoms with Crippen LogP contribution in [0.3, 0.4) is 0 Å². The van der Waals surface area contributed by atoms with Crippen molar-refractivity contribution < 1.29 is 4.39 Å². The van der Waals surface area contributed by atoms with Crippen molar-refractivity contribution in [3.63, 3.8) is 0 Å². The molecule has 0 atom stereocenters. The number of rotatable bonds is 1. The molecule has 0 aliphatic carbocycles. The standard InChI is InChI=1S/C8H7FN4/c9-6-3-12-13(5-6)8-2-1-7(10)4-11-8/h1-5H,10H2. The zero-order valence-corrected chi connectivity index (χ0v) is 6.68. The van der Waals surface area contributed by atoms with E-state index in [4.69, 9.17) is 5.73 Å². The Balaban J connectivity index is 2.41. The topological polar surface area (TPSA) is 56.7 Å². The number of anilines is 1. The first kappa shape index (κ1) is 7.72. The Morgan fingerprint density at radius 1 is 1.31 bits per heavy atom. The third-order valence-corrected chi connectivity index (χ3v) is 1.56. The summed E-state index contributed by atoms with van der Waals surface area (Å²) in [5, 5.41) is 3.75. The lowest BCUT2D eigenvalue weighted by molar-refractivity contribution is 0.627. The quantitative estimate of drug-likeness (QED) is 0.708. The molecular formula is C8H7FN4. The summed E-state index contributed by atoms with van der Waals surface area (Å²) < 4.78 is 13.9. The van der Waals surface area contributed by atoms with Crippen molar-refractivity contribution >= 4 is 5.69 Å². The van der Waals surface area contributed by atoms with Gasteiger partial charge in [-0.05, 0) is 12.1 Å². The van der Waals surface area contributed by atoms with Crippen LogP contribution in [0.5, 0.6) is 0 Å². The molecule has 2 aromatic heterocycles. The van der Waals surface area contributed by atoms with Crippen LogP contribution in [0.2, 0.25) is 0 Å². The normalized spacial score (nSPS) is 10.2. The number of nitrogens with zero attached hydrogens (tertiary/aromatic N) is 3. The maximum atomic E-state index is 12.6. The molecule has 0 saturated carbocycles. The first-order valence-corrected chi connectivity index (χ1v) is 3.68. The molecule has 0 aliphatic heterocycles. The zero-order chi connectivity index (χ0) is 9.26. The SMILES string of the molecule is Nc1ccc(-n2cc(F)cn2)nc1. The van der Waals surface area contributed by atoms with Crippen LogP contribution >= 0.6 is 0 Å². The van der Waals surface area contributed by atoms with Crippen LogP contribution in [0.15, 0.2) is 30.7 Å². The van der Waals surface area contributed by atoms with Crippen LogP contribution in [0.25, 0.3) is 5.82 Å². The molecule has 0 bridgehead atoms. The third kappa shape index (κ3) is 1.48. The van der Waals surface area contributed by atoms with Crippen LogP contribution < -0.4 is 5.73 Å². The summed E-state index contributed by atoms with van der Waals surface area (Å²) in [7, 11) is 0. The fourth-order valence-corrected chi connectivity index (χ4v) is 0.959. The van der Waals surface area contributed by atoms with Gasteiger partial charge in [0.1, 0.15) is 0 Å². The van der Waals surface area contributed by atoms with E-state index in [9.17, 15) is 4.39 Å². The van der Waals surface area contributed by atoms with E-state index in [1.807, 2.05) is 0 Å². The average Bonchev–Trinajstić information content (AvgIpc) is 2.53. The Hall–Kier alpha value is -1.91. The molecule has 0 aromatic carbocycles. The van der Waals surface area contributed by atoms with Gasteiger partial charge in [0, 0.05) is 0 Å². The van der Waals surface area contributed by atoms with E-state index < -0.39 is 5.82 Å². The molecule has 0 fully saturated rings. The number of nitrogens with two attached hydrogens (primary N) is 1. The molecule has 0 aliphatic rings. The van der Waals surface area contributed by atoms with Crippen molar-refractivity contribution in [3.8, 4) is 5.82 Å². The lowest BCUT2D eigenvalue weighted by atomic mass is 10.4. The van der Waals surface area contributed by atoms with Gasteiger partial charge in [0.25, 0.3) is 0 Å². The molecule has 2 heterocycles. The van der Waals surface area contributed by atoms with E-state index in [0.717, 1.165) is 6.20 Å². The molecule has 0 amide bonds. The van der Waals surface area contributed by atoms with Gasteiger partial charge in [-0.1, -0.05) is 0 Å². The molecule has 4 nitrogen and oxygen atoms in total. The molecular weight excluding hydrogens is 171 g/mol. The van der Waals surface area contributed by atoms with Gasteiger partial charge < -0.3 is 5.73 Å². The second-order valence-electron chi connectivity index (χ2n) is 2.55. The highest BCUT2D eigenvalue weighted by Gasteiger charge is 1.99. The number of pyridine rings is 1. The Morgan fingerprint density at radius 3 is 2.69 bits per heavy atom. The van der Waals surface area contributed by atoms with E-state index in [2.05, 4.69) is 10.1 Å². The highest BCUT2D eigenvalue weighted by atomic mass is 19.1. The Labute approximate surface area is 73.8 Å². The molecule has 13 heavy (non-hydrogen) atoms. The van der Waals surface area contributed by atoms with Gasteiger partial charge in [0.2, 0.25) is 0 Å². The molecule has 5 heteroatoms. The fraction of sp³-hybridized carbons (Fsp3) is 0. The van der Waals surface area contributed by atoms with Gasteiger partial charge in [0.15, 0.2) is 11.6 Å². The maximum absolute atomic E-state index is 12.6. The van der Waals surface area contributed by atoms with Crippen LogP contribution in [0, 0.1) is 5.82 Å². The summed E-state index contributed by atoms with van der Waals surface area (Å²) in [4.78, 5) is 3.97. The maximum Gasteiger partial charge on any atom is 0.161 e. The Morgan fingerprint density at radius 2 is 2.15 bits per heavy atom. The lowest BCUT2D eigenvalue weighted by Crippen LogP contribution is -1.98. The Bertz CT molecular complexity index is 406. The van der Waals surface area contributed by atoms with Crippen LogP contribution in [-0.2, 0) is 0 Å². The summed E-state index contributed by atoms with van der Waals surface area (Å²) >= 11 is 0. The van der Waals surface area contributed by atoms with E-state index in [1.165, 1.54) is 17.1 Å². The summed E-state index contributed by atoms with van der Waals surface area (Å²) in [5.74, 6) is 0.150. The second kappa shape index (κ2) is 2.85. The van der Waals surface area contributed by atoms with E-state index in [1.54, 1.807) is 12.1 Å². The van der Waals surface area contributed by atoms with Gasteiger partial charge in [-0.15, -0.1) is 0 Å². The molecule has 0 spiro atoms. The van der Waals surface area contributed by atoms with E-state index >= 15 is 0 Å². The van der Waals surface area contributed by atoms with E-state index in [-0.39, 0.29) is 0 Å². The second-order valence-corrected chi connectivity index (χ2v) is 2.55. The van der Waals surface area contributed by atoms with Crippen molar-refractivity contribution in [1.29, 1.82) is 0 Å². The number of halogens is 1. The van der Waals surface area contributed by atoms with Crippen LogP contribution in [0.1, 0.15) is 0 Å². The minimum Gasteiger partial charge on any atom is -0.397 e. The fourth-order valence-electron chi connectivity index (χ4n) is 0.959. The minimum atomic E-state index is -0.390. The van der Waals surface area contributed by atoms with E-state index in [0.29, 0.717) is 11.5 Å². The van der Waals surface area contributed by atoms with Gasteiger partial charge >= 0.3 is 0 Å². The molecule has 0 radical (unpaired) electrons. The zero-order valence-electron chi connectivity index (χ0n) is 6.68. The van der Waals surface area contributed by atoms with Crippen molar-refractivity contribution in [1.82, 2.24) is 14.8 Å². The first-order chi connectivity index (χ1) is 6.25. The van der Waals surface area contributed by atoms with Gasteiger partial charge in [-0.25, -0.2) is 14.1 Å². The monoisotopic (exact) mass is 178 g/mol.